The SMILES string of the molecule is CCN(Cc1ccc2c(c1)OCCO2)C(=O)CCc1nc(-c2cccs2)no1. The molecule has 7 nitrogen and oxygen atoms in total. The summed E-state index contributed by atoms with van der Waals surface area (Å²) in [6, 6.07) is 9.68. The first-order valence-electron chi connectivity index (χ1n) is 9.25. The van der Waals surface area contributed by atoms with Gasteiger partial charge in [0.2, 0.25) is 17.6 Å². The summed E-state index contributed by atoms with van der Waals surface area (Å²) in [4.78, 5) is 19.8. The third-order valence-corrected chi connectivity index (χ3v) is 5.34. The molecule has 8 heteroatoms. The Morgan fingerprint density at radius 3 is 2.86 bits per heavy atom. The molecule has 0 saturated carbocycles. The van der Waals surface area contributed by atoms with Gasteiger partial charge < -0.3 is 18.9 Å². The maximum absolute atomic E-state index is 12.7. The van der Waals surface area contributed by atoms with Crippen LogP contribution in [0, 0.1) is 0 Å². The van der Waals surface area contributed by atoms with Gasteiger partial charge in [0.25, 0.3) is 0 Å². The summed E-state index contributed by atoms with van der Waals surface area (Å²) in [6.45, 7) is 4.23. The Morgan fingerprint density at radius 1 is 1.21 bits per heavy atom. The summed E-state index contributed by atoms with van der Waals surface area (Å²) < 4.78 is 16.4. The Morgan fingerprint density at radius 2 is 2.07 bits per heavy atom. The molecule has 1 aromatic carbocycles. The van der Waals surface area contributed by atoms with E-state index >= 15 is 0 Å². The lowest BCUT2D eigenvalue weighted by atomic mass is 10.1. The van der Waals surface area contributed by atoms with Crippen LogP contribution in [0.15, 0.2) is 40.2 Å². The largest absolute Gasteiger partial charge is 0.486 e. The zero-order valence-electron chi connectivity index (χ0n) is 15.6. The van der Waals surface area contributed by atoms with E-state index in [1.807, 2.05) is 47.5 Å². The van der Waals surface area contributed by atoms with Gasteiger partial charge in [-0.25, -0.2) is 0 Å². The number of fused-ring (bicyclic) bond motifs is 1. The number of nitrogens with zero attached hydrogens (tertiary/aromatic N) is 3. The van der Waals surface area contributed by atoms with Crippen LogP contribution in [0.1, 0.15) is 24.8 Å². The number of thiophene rings is 1. The number of benzene rings is 1. The fourth-order valence-electron chi connectivity index (χ4n) is 3.02. The van der Waals surface area contributed by atoms with Crippen molar-refractivity contribution in [3.8, 4) is 22.2 Å². The van der Waals surface area contributed by atoms with Crippen molar-refractivity contribution < 1.29 is 18.8 Å². The molecule has 1 aliphatic heterocycles. The second-order valence-corrected chi connectivity index (χ2v) is 7.32. The molecule has 4 rings (SSSR count). The molecule has 3 heterocycles. The summed E-state index contributed by atoms with van der Waals surface area (Å²) >= 11 is 1.55. The van der Waals surface area contributed by atoms with Crippen LogP contribution in [0.5, 0.6) is 11.5 Å². The molecule has 0 radical (unpaired) electrons. The lowest BCUT2D eigenvalue weighted by Gasteiger charge is -2.23. The van der Waals surface area contributed by atoms with Crippen molar-refractivity contribution in [2.45, 2.75) is 26.3 Å². The van der Waals surface area contributed by atoms with Crippen LogP contribution in [0.3, 0.4) is 0 Å². The quantitative estimate of drug-likeness (QED) is 0.605. The van der Waals surface area contributed by atoms with Gasteiger partial charge in [0.05, 0.1) is 4.88 Å². The van der Waals surface area contributed by atoms with E-state index in [0.717, 1.165) is 21.9 Å². The first kappa shape index (κ1) is 18.5. The van der Waals surface area contributed by atoms with Crippen molar-refractivity contribution in [2.75, 3.05) is 19.8 Å². The minimum Gasteiger partial charge on any atom is -0.486 e. The number of amides is 1. The molecule has 146 valence electrons. The number of hydrogen-bond acceptors (Lipinski definition) is 7. The van der Waals surface area contributed by atoms with Gasteiger partial charge in [-0.05, 0) is 36.1 Å². The molecular formula is C20H21N3O4S. The van der Waals surface area contributed by atoms with Gasteiger partial charge in [0.1, 0.15) is 13.2 Å². The molecule has 3 aromatic rings. The fraction of sp³-hybridized carbons (Fsp3) is 0.350. The molecule has 0 N–H and O–H groups in total. The van der Waals surface area contributed by atoms with Crippen molar-refractivity contribution in [2.24, 2.45) is 0 Å². The third kappa shape index (κ3) is 4.17. The van der Waals surface area contributed by atoms with E-state index in [4.69, 9.17) is 14.0 Å². The van der Waals surface area contributed by atoms with Crippen LogP contribution < -0.4 is 9.47 Å². The molecule has 0 bridgehead atoms. The topological polar surface area (TPSA) is 77.7 Å². The number of aromatic nitrogens is 2. The predicted octanol–water partition coefficient (Wildman–Crippen LogP) is 3.55. The van der Waals surface area contributed by atoms with Gasteiger partial charge in [-0.2, -0.15) is 4.98 Å². The Labute approximate surface area is 166 Å². The smallest absolute Gasteiger partial charge is 0.227 e. The molecule has 0 atom stereocenters. The number of carbonyl (C=O) groups is 1. The van der Waals surface area contributed by atoms with Gasteiger partial charge >= 0.3 is 0 Å². The molecule has 2 aromatic heterocycles. The van der Waals surface area contributed by atoms with Crippen LogP contribution in [0.4, 0.5) is 0 Å². The van der Waals surface area contributed by atoms with Gasteiger partial charge in [-0.3, -0.25) is 4.79 Å². The summed E-state index contributed by atoms with van der Waals surface area (Å²) in [7, 11) is 0. The van der Waals surface area contributed by atoms with E-state index in [-0.39, 0.29) is 5.91 Å². The number of hydrogen-bond donors (Lipinski definition) is 0. The van der Waals surface area contributed by atoms with Crippen LogP contribution in [0.25, 0.3) is 10.7 Å². The highest BCUT2D eigenvalue weighted by Gasteiger charge is 2.17. The van der Waals surface area contributed by atoms with Crippen LogP contribution in [-0.4, -0.2) is 40.7 Å². The van der Waals surface area contributed by atoms with Crippen LogP contribution in [-0.2, 0) is 17.8 Å². The zero-order valence-corrected chi connectivity index (χ0v) is 16.4. The van der Waals surface area contributed by atoms with Crippen molar-refractivity contribution in [1.82, 2.24) is 15.0 Å². The summed E-state index contributed by atoms with van der Waals surface area (Å²) in [5, 5.41) is 5.95. The van der Waals surface area contributed by atoms with Crippen molar-refractivity contribution in [1.29, 1.82) is 0 Å². The molecule has 0 fully saturated rings. The van der Waals surface area contributed by atoms with Gasteiger partial charge in [-0.15, -0.1) is 11.3 Å². The normalized spacial score (nSPS) is 12.8. The van der Waals surface area contributed by atoms with Crippen molar-refractivity contribution in [3.05, 3.63) is 47.2 Å². The highest BCUT2D eigenvalue weighted by molar-refractivity contribution is 7.13. The number of rotatable bonds is 7. The summed E-state index contributed by atoms with van der Waals surface area (Å²) in [5.41, 5.74) is 1.01. The van der Waals surface area contributed by atoms with E-state index in [9.17, 15) is 4.79 Å². The second kappa shape index (κ2) is 8.43. The average Bonchev–Trinajstić information content (AvgIpc) is 3.41. The van der Waals surface area contributed by atoms with E-state index in [1.54, 1.807) is 11.3 Å². The third-order valence-electron chi connectivity index (χ3n) is 4.48. The maximum atomic E-state index is 12.7. The summed E-state index contributed by atoms with van der Waals surface area (Å²) in [5.74, 6) is 2.59. The highest BCUT2D eigenvalue weighted by Crippen LogP contribution is 2.31. The van der Waals surface area contributed by atoms with Crippen LogP contribution >= 0.6 is 11.3 Å². The Balaban J connectivity index is 1.35. The van der Waals surface area contributed by atoms with Gasteiger partial charge in [0, 0.05) is 25.9 Å². The average molecular weight is 399 g/mol. The molecule has 1 aliphatic rings. The highest BCUT2D eigenvalue weighted by atomic mass is 32.1. The molecular weight excluding hydrogens is 378 g/mol. The Hall–Kier alpha value is -2.87. The van der Waals surface area contributed by atoms with Crippen molar-refractivity contribution >= 4 is 17.2 Å². The lowest BCUT2D eigenvalue weighted by molar-refractivity contribution is -0.131. The van der Waals surface area contributed by atoms with Crippen molar-refractivity contribution in [3.63, 3.8) is 0 Å². The minimum absolute atomic E-state index is 0.0493. The molecule has 0 saturated heterocycles. The molecule has 0 aliphatic carbocycles. The first-order chi connectivity index (χ1) is 13.7. The minimum atomic E-state index is 0.0493. The molecule has 0 spiro atoms. The monoisotopic (exact) mass is 399 g/mol. The Kier molecular flexibility index (Phi) is 5.57. The fourth-order valence-corrected chi connectivity index (χ4v) is 3.67. The van der Waals surface area contributed by atoms with E-state index in [0.29, 0.717) is 50.9 Å². The molecule has 1 amide bonds. The Bertz CT molecular complexity index is 939. The molecule has 28 heavy (non-hydrogen) atoms. The van der Waals surface area contributed by atoms with E-state index in [1.165, 1.54) is 0 Å². The number of carbonyl (C=O) groups excluding carboxylic acids is 1. The number of aryl methyl sites for hydroxylation is 1. The lowest BCUT2D eigenvalue weighted by Crippen LogP contribution is -2.30. The predicted molar refractivity (Wildman–Crippen MR) is 104 cm³/mol. The number of ether oxygens (including phenoxy) is 2. The van der Waals surface area contributed by atoms with E-state index < -0.39 is 0 Å². The van der Waals surface area contributed by atoms with Crippen LogP contribution in [0.2, 0.25) is 0 Å². The van der Waals surface area contributed by atoms with Gasteiger partial charge in [0.15, 0.2) is 11.5 Å². The maximum Gasteiger partial charge on any atom is 0.227 e. The molecule has 0 unspecified atom stereocenters. The van der Waals surface area contributed by atoms with E-state index in [2.05, 4.69) is 10.1 Å². The standard InChI is InChI=1S/C20H21N3O4S/c1-2-23(13-14-5-6-15-16(12-14)26-10-9-25-15)19(24)8-7-18-21-20(22-27-18)17-4-3-11-28-17/h3-6,11-12H,2,7-10,13H2,1H3. The zero-order chi connectivity index (χ0) is 19.3. The first-order valence-corrected chi connectivity index (χ1v) is 10.1. The summed E-state index contributed by atoms with van der Waals surface area (Å²) in [6.07, 6.45) is 0.749. The second-order valence-electron chi connectivity index (χ2n) is 6.37. The van der Waals surface area contributed by atoms with Gasteiger partial charge in [-0.1, -0.05) is 17.3 Å².